The predicted molar refractivity (Wildman–Crippen MR) is 141 cm³/mol. The lowest BCUT2D eigenvalue weighted by Crippen LogP contribution is -2.39. The van der Waals surface area contributed by atoms with Crippen LogP contribution < -0.4 is 20.3 Å². The Morgan fingerprint density at radius 1 is 1.03 bits per heavy atom. The number of ether oxygens (including phenoxy) is 2. The molecule has 0 bridgehead atoms. The summed E-state index contributed by atoms with van der Waals surface area (Å²) in [7, 11) is 0. The lowest BCUT2D eigenvalue weighted by molar-refractivity contribution is 0.122. The van der Waals surface area contributed by atoms with Gasteiger partial charge >= 0.3 is 0 Å². The summed E-state index contributed by atoms with van der Waals surface area (Å²) in [6.45, 7) is 8.47. The molecule has 4 rings (SSSR count). The summed E-state index contributed by atoms with van der Waals surface area (Å²) in [5.41, 5.74) is 3.66. The topological polar surface area (TPSA) is 58.1 Å². The van der Waals surface area contributed by atoms with Crippen LogP contribution in [0.1, 0.15) is 30.9 Å². The summed E-state index contributed by atoms with van der Waals surface area (Å²) >= 11 is 0. The van der Waals surface area contributed by atoms with Crippen molar-refractivity contribution in [1.29, 1.82) is 0 Å². The van der Waals surface area contributed by atoms with Crippen LogP contribution in [0.2, 0.25) is 0 Å². The molecule has 0 unspecified atom stereocenters. The molecule has 0 atom stereocenters. The van der Waals surface area contributed by atoms with Crippen LogP contribution in [0.5, 0.6) is 5.75 Å². The average Bonchev–Trinajstić information content (AvgIpc) is 3.65. The Kier molecular flexibility index (Phi) is 9.92. The minimum atomic E-state index is 0. The molecule has 1 saturated carbocycles. The summed E-state index contributed by atoms with van der Waals surface area (Å²) in [6.07, 6.45) is 2.58. The Hall–Kier alpha value is -2.00. The van der Waals surface area contributed by atoms with Gasteiger partial charge in [0.05, 0.1) is 26.4 Å². The van der Waals surface area contributed by atoms with E-state index >= 15 is 0 Å². The maximum absolute atomic E-state index is 6.04. The largest absolute Gasteiger partial charge is 0.493 e. The zero-order valence-electron chi connectivity index (χ0n) is 18.9. The smallest absolute Gasteiger partial charge is 0.191 e. The van der Waals surface area contributed by atoms with Crippen molar-refractivity contribution in [2.45, 2.75) is 32.9 Å². The van der Waals surface area contributed by atoms with Crippen LogP contribution in [0.4, 0.5) is 5.69 Å². The number of para-hydroxylation sites is 2. The van der Waals surface area contributed by atoms with Gasteiger partial charge < -0.3 is 25.0 Å². The second kappa shape index (κ2) is 12.9. The van der Waals surface area contributed by atoms with Crippen molar-refractivity contribution in [2.75, 3.05) is 44.4 Å². The molecule has 2 fully saturated rings. The van der Waals surface area contributed by atoms with Crippen molar-refractivity contribution >= 4 is 35.6 Å². The standard InChI is InChI=1S/C25H34N4O2.HI/c1-2-26-25(28-18-22-8-4-6-10-24(22)31-19-20-11-12-20)27-17-21-7-3-5-9-23(21)29-13-15-30-16-14-29;/h3-10,20H,2,11-19H2,1H3,(H2,26,27,28);1H. The lowest BCUT2D eigenvalue weighted by atomic mass is 10.1. The predicted octanol–water partition coefficient (Wildman–Crippen LogP) is 4.19. The van der Waals surface area contributed by atoms with E-state index in [2.05, 4.69) is 52.8 Å². The Labute approximate surface area is 208 Å². The van der Waals surface area contributed by atoms with Gasteiger partial charge in [0, 0.05) is 37.4 Å². The summed E-state index contributed by atoms with van der Waals surface area (Å²) in [5.74, 6) is 2.50. The monoisotopic (exact) mass is 550 g/mol. The number of hydrogen-bond donors (Lipinski definition) is 2. The zero-order chi connectivity index (χ0) is 21.3. The minimum Gasteiger partial charge on any atom is -0.493 e. The fraction of sp³-hybridized carbons (Fsp3) is 0.480. The molecule has 1 aliphatic carbocycles. The summed E-state index contributed by atoms with van der Waals surface area (Å²) in [5, 5.41) is 6.87. The third-order valence-corrected chi connectivity index (χ3v) is 5.69. The molecule has 32 heavy (non-hydrogen) atoms. The van der Waals surface area contributed by atoms with Crippen molar-refractivity contribution in [3.05, 3.63) is 59.7 Å². The molecule has 2 aliphatic rings. The first-order valence-electron chi connectivity index (χ1n) is 11.5. The highest BCUT2D eigenvalue weighted by Gasteiger charge is 2.22. The van der Waals surface area contributed by atoms with Gasteiger partial charge in [-0.2, -0.15) is 0 Å². The number of rotatable bonds is 9. The molecule has 174 valence electrons. The van der Waals surface area contributed by atoms with Gasteiger partial charge in [-0.3, -0.25) is 0 Å². The Balaban J connectivity index is 0.00000289. The molecule has 2 aromatic rings. The number of guanidine groups is 1. The van der Waals surface area contributed by atoms with Gasteiger partial charge in [-0.25, -0.2) is 4.99 Å². The van der Waals surface area contributed by atoms with E-state index in [0.29, 0.717) is 6.54 Å². The van der Waals surface area contributed by atoms with Crippen LogP contribution in [-0.4, -0.2) is 45.4 Å². The van der Waals surface area contributed by atoms with E-state index < -0.39 is 0 Å². The van der Waals surface area contributed by atoms with Gasteiger partial charge in [-0.1, -0.05) is 36.4 Å². The number of aliphatic imine (C=N–C) groups is 1. The molecular weight excluding hydrogens is 515 g/mol. The van der Waals surface area contributed by atoms with E-state index in [1.165, 1.54) is 24.1 Å². The SMILES string of the molecule is CCNC(=NCc1ccccc1OCC1CC1)NCc1ccccc1N1CCOCC1.I. The molecule has 2 N–H and O–H groups in total. The first kappa shape index (κ1) is 24.6. The van der Waals surface area contributed by atoms with Gasteiger partial charge in [-0.05, 0) is 43.4 Å². The van der Waals surface area contributed by atoms with Crippen molar-refractivity contribution in [3.63, 3.8) is 0 Å². The third-order valence-electron chi connectivity index (χ3n) is 5.69. The molecule has 0 spiro atoms. The number of anilines is 1. The van der Waals surface area contributed by atoms with Gasteiger partial charge in [0.2, 0.25) is 0 Å². The Morgan fingerprint density at radius 3 is 2.50 bits per heavy atom. The van der Waals surface area contributed by atoms with Crippen molar-refractivity contribution < 1.29 is 9.47 Å². The van der Waals surface area contributed by atoms with Crippen LogP contribution >= 0.6 is 24.0 Å². The van der Waals surface area contributed by atoms with Crippen LogP contribution in [0, 0.1) is 5.92 Å². The van der Waals surface area contributed by atoms with Gasteiger partial charge in [0.1, 0.15) is 5.75 Å². The number of nitrogens with zero attached hydrogens (tertiary/aromatic N) is 2. The maximum atomic E-state index is 6.04. The zero-order valence-corrected chi connectivity index (χ0v) is 21.2. The van der Waals surface area contributed by atoms with Gasteiger partial charge in [0.15, 0.2) is 5.96 Å². The highest BCUT2D eigenvalue weighted by atomic mass is 127. The lowest BCUT2D eigenvalue weighted by Gasteiger charge is -2.30. The first-order valence-corrected chi connectivity index (χ1v) is 11.5. The molecule has 0 radical (unpaired) electrons. The average molecular weight is 550 g/mol. The van der Waals surface area contributed by atoms with Crippen LogP contribution in [-0.2, 0) is 17.8 Å². The van der Waals surface area contributed by atoms with E-state index in [0.717, 1.165) is 69.2 Å². The molecule has 7 heteroatoms. The molecule has 0 amide bonds. The molecule has 1 heterocycles. The summed E-state index contributed by atoms with van der Waals surface area (Å²) in [4.78, 5) is 7.23. The molecule has 1 saturated heterocycles. The van der Waals surface area contributed by atoms with Gasteiger partial charge in [0.25, 0.3) is 0 Å². The van der Waals surface area contributed by atoms with E-state index in [1.54, 1.807) is 0 Å². The fourth-order valence-corrected chi connectivity index (χ4v) is 3.73. The molecular formula is C25H35IN4O2. The maximum Gasteiger partial charge on any atom is 0.191 e. The van der Waals surface area contributed by atoms with Crippen LogP contribution in [0.3, 0.4) is 0 Å². The highest BCUT2D eigenvalue weighted by Crippen LogP contribution is 2.30. The van der Waals surface area contributed by atoms with E-state index in [4.69, 9.17) is 14.5 Å². The number of nitrogens with one attached hydrogen (secondary N) is 2. The number of hydrogen-bond acceptors (Lipinski definition) is 4. The second-order valence-electron chi connectivity index (χ2n) is 8.14. The van der Waals surface area contributed by atoms with Gasteiger partial charge in [-0.15, -0.1) is 24.0 Å². The van der Waals surface area contributed by atoms with E-state index in [-0.39, 0.29) is 24.0 Å². The number of halogens is 1. The molecule has 2 aromatic carbocycles. The highest BCUT2D eigenvalue weighted by molar-refractivity contribution is 14.0. The number of benzene rings is 2. The quantitative estimate of drug-likeness (QED) is 0.279. The van der Waals surface area contributed by atoms with E-state index in [1.807, 2.05) is 18.2 Å². The Morgan fingerprint density at radius 2 is 1.75 bits per heavy atom. The summed E-state index contributed by atoms with van der Waals surface area (Å²) in [6, 6.07) is 16.8. The third kappa shape index (κ3) is 7.27. The summed E-state index contributed by atoms with van der Waals surface area (Å²) < 4.78 is 11.6. The fourth-order valence-electron chi connectivity index (χ4n) is 3.73. The number of morpholine rings is 1. The first-order chi connectivity index (χ1) is 15.3. The van der Waals surface area contributed by atoms with Crippen LogP contribution in [0.25, 0.3) is 0 Å². The normalized spacial score (nSPS) is 16.3. The molecule has 1 aliphatic heterocycles. The second-order valence-corrected chi connectivity index (χ2v) is 8.14. The molecule has 0 aromatic heterocycles. The minimum absolute atomic E-state index is 0. The van der Waals surface area contributed by atoms with E-state index in [9.17, 15) is 0 Å². The van der Waals surface area contributed by atoms with Crippen molar-refractivity contribution in [2.24, 2.45) is 10.9 Å². The van der Waals surface area contributed by atoms with Crippen molar-refractivity contribution in [3.8, 4) is 5.75 Å². The molecule has 6 nitrogen and oxygen atoms in total. The van der Waals surface area contributed by atoms with Crippen molar-refractivity contribution in [1.82, 2.24) is 10.6 Å². The van der Waals surface area contributed by atoms with Crippen LogP contribution in [0.15, 0.2) is 53.5 Å². The Bertz CT molecular complexity index is 867.